The standard InChI is InChI=1S/C17H26N4O2/c1-14-4-2-6-18-17(14)21-10-8-20(9-11-21)16(23)13-19-7-3-5-15(22)12-19/h2,4,6,15,22H,3,5,7-13H2,1H3/t15-/m0/s1. The van der Waals surface area contributed by atoms with Crippen molar-refractivity contribution in [1.82, 2.24) is 14.8 Å². The van der Waals surface area contributed by atoms with Gasteiger partial charge < -0.3 is 14.9 Å². The molecule has 23 heavy (non-hydrogen) atoms. The highest BCUT2D eigenvalue weighted by Gasteiger charge is 2.25. The maximum atomic E-state index is 12.5. The van der Waals surface area contributed by atoms with Gasteiger partial charge in [0.1, 0.15) is 5.82 Å². The maximum absolute atomic E-state index is 12.5. The van der Waals surface area contributed by atoms with Gasteiger partial charge in [0, 0.05) is 38.9 Å². The lowest BCUT2D eigenvalue weighted by atomic mass is 10.1. The van der Waals surface area contributed by atoms with Gasteiger partial charge in [-0.25, -0.2) is 4.98 Å². The third-order valence-corrected chi connectivity index (χ3v) is 4.75. The van der Waals surface area contributed by atoms with Crippen LogP contribution in [0, 0.1) is 6.92 Å². The van der Waals surface area contributed by atoms with E-state index in [1.54, 1.807) is 0 Å². The van der Waals surface area contributed by atoms with Crippen molar-refractivity contribution in [3.8, 4) is 0 Å². The van der Waals surface area contributed by atoms with E-state index >= 15 is 0 Å². The summed E-state index contributed by atoms with van der Waals surface area (Å²) in [5, 5.41) is 9.71. The highest BCUT2D eigenvalue weighted by molar-refractivity contribution is 5.78. The van der Waals surface area contributed by atoms with E-state index in [1.807, 2.05) is 17.2 Å². The Morgan fingerprint density at radius 2 is 2.09 bits per heavy atom. The molecule has 1 aromatic heterocycles. The number of aromatic nitrogens is 1. The third kappa shape index (κ3) is 4.00. The number of likely N-dealkylation sites (tertiary alicyclic amines) is 1. The molecular formula is C17H26N4O2. The molecule has 0 unspecified atom stereocenters. The largest absolute Gasteiger partial charge is 0.392 e. The number of carbonyl (C=O) groups excluding carboxylic acids is 1. The summed E-state index contributed by atoms with van der Waals surface area (Å²) in [6, 6.07) is 4.02. The van der Waals surface area contributed by atoms with Gasteiger partial charge in [-0.2, -0.15) is 0 Å². The number of hydrogen-bond donors (Lipinski definition) is 1. The maximum Gasteiger partial charge on any atom is 0.236 e. The summed E-state index contributed by atoms with van der Waals surface area (Å²) in [6.45, 7) is 7.17. The zero-order chi connectivity index (χ0) is 16.2. The number of pyridine rings is 1. The van der Waals surface area contributed by atoms with E-state index in [4.69, 9.17) is 0 Å². The molecule has 0 bridgehead atoms. The summed E-state index contributed by atoms with van der Waals surface area (Å²) >= 11 is 0. The number of hydrogen-bond acceptors (Lipinski definition) is 5. The Labute approximate surface area is 137 Å². The molecule has 0 aromatic carbocycles. The molecule has 6 nitrogen and oxygen atoms in total. The third-order valence-electron chi connectivity index (χ3n) is 4.75. The average molecular weight is 318 g/mol. The molecule has 0 spiro atoms. The average Bonchev–Trinajstić information content (AvgIpc) is 2.55. The van der Waals surface area contributed by atoms with Crippen molar-refractivity contribution in [2.45, 2.75) is 25.9 Å². The van der Waals surface area contributed by atoms with Crippen molar-refractivity contribution in [1.29, 1.82) is 0 Å². The zero-order valence-electron chi connectivity index (χ0n) is 13.8. The van der Waals surface area contributed by atoms with Crippen LogP contribution >= 0.6 is 0 Å². The van der Waals surface area contributed by atoms with Crippen molar-refractivity contribution in [2.75, 3.05) is 50.7 Å². The molecule has 2 fully saturated rings. The molecule has 0 aliphatic carbocycles. The fourth-order valence-corrected chi connectivity index (χ4v) is 3.44. The number of rotatable bonds is 3. The number of amides is 1. The highest BCUT2D eigenvalue weighted by Crippen LogP contribution is 2.18. The van der Waals surface area contributed by atoms with Crippen molar-refractivity contribution in [3.63, 3.8) is 0 Å². The smallest absolute Gasteiger partial charge is 0.236 e. The molecule has 0 radical (unpaired) electrons. The first-order valence-electron chi connectivity index (χ1n) is 8.48. The predicted octanol–water partition coefficient (Wildman–Crippen LogP) is 0.495. The number of anilines is 1. The molecule has 3 heterocycles. The van der Waals surface area contributed by atoms with Crippen LogP contribution < -0.4 is 4.90 Å². The number of aryl methyl sites for hydroxylation is 1. The number of nitrogens with zero attached hydrogens (tertiary/aromatic N) is 4. The van der Waals surface area contributed by atoms with E-state index in [0.29, 0.717) is 13.1 Å². The number of carbonyl (C=O) groups is 1. The van der Waals surface area contributed by atoms with Gasteiger partial charge >= 0.3 is 0 Å². The number of aliphatic hydroxyl groups excluding tert-OH is 1. The quantitative estimate of drug-likeness (QED) is 0.879. The summed E-state index contributed by atoms with van der Waals surface area (Å²) in [5.74, 6) is 1.20. The van der Waals surface area contributed by atoms with Crippen LogP contribution in [0.2, 0.25) is 0 Å². The van der Waals surface area contributed by atoms with E-state index in [1.165, 1.54) is 5.56 Å². The van der Waals surface area contributed by atoms with Gasteiger partial charge in [0.25, 0.3) is 0 Å². The van der Waals surface area contributed by atoms with Crippen molar-refractivity contribution in [2.24, 2.45) is 0 Å². The molecule has 3 rings (SSSR count). The SMILES string of the molecule is Cc1cccnc1N1CCN(C(=O)CN2CCC[C@H](O)C2)CC1. The van der Waals surface area contributed by atoms with E-state index in [0.717, 1.165) is 51.4 Å². The Bertz CT molecular complexity index is 543. The van der Waals surface area contributed by atoms with E-state index in [2.05, 4.69) is 27.8 Å². The molecular weight excluding hydrogens is 292 g/mol. The summed E-state index contributed by atoms with van der Waals surface area (Å²) in [5.41, 5.74) is 1.18. The first-order chi connectivity index (χ1) is 11.1. The van der Waals surface area contributed by atoms with Gasteiger partial charge in [0.15, 0.2) is 0 Å². The van der Waals surface area contributed by atoms with Crippen molar-refractivity contribution >= 4 is 11.7 Å². The molecule has 1 N–H and O–H groups in total. The summed E-state index contributed by atoms with van der Waals surface area (Å²) in [7, 11) is 0. The first kappa shape index (κ1) is 16.2. The lowest BCUT2D eigenvalue weighted by molar-refractivity contribution is -0.133. The van der Waals surface area contributed by atoms with Crippen molar-refractivity contribution < 1.29 is 9.90 Å². The molecule has 6 heteroatoms. The topological polar surface area (TPSA) is 59.9 Å². The highest BCUT2D eigenvalue weighted by atomic mass is 16.3. The van der Waals surface area contributed by atoms with E-state index < -0.39 is 0 Å². The predicted molar refractivity (Wildman–Crippen MR) is 89.4 cm³/mol. The molecule has 2 saturated heterocycles. The van der Waals surface area contributed by atoms with Crippen molar-refractivity contribution in [3.05, 3.63) is 23.9 Å². The lowest BCUT2D eigenvalue weighted by Gasteiger charge is -2.37. The van der Waals surface area contributed by atoms with Crippen LogP contribution in [0.3, 0.4) is 0 Å². The molecule has 2 aliphatic heterocycles. The fourth-order valence-electron chi connectivity index (χ4n) is 3.44. The fraction of sp³-hybridized carbons (Fsp3) is 0.647. The van der Waals surface area contributed by atoms with Crippen LogP contribution in [0.25, 0.3) is 0 Å². The van der Waals surface area contributed by atoms with Crippen LogP contribution in [-0.4, -0.2) is 77.7 Å². The number of piperazine rings is 1. The summed E-state index contributed by atoms with van der Waals surface area (Å²) in [6.07, 6.45) is 3.37. The summed E-state index contributed by atoms with van der Waals surface area (Å²) < 4.78 is 0. The number of β-amino-alcohol motifs (C(OH)–C–C–N with tert-alkyl or cyclic N) is 1. The second-order valence-corrected chi connectivity index (χ2v) is 6.54. The minimum atomic E-state index is -0.277. The first-order valence-corrected chi connectivity index (χ1v) is 8.48. The Morgan fingerprint density at radius 3 is 2.78 bits per heavy atom. The second-order valence-electron chi connectivity index (χ2n) is 6.54. The van der Waals surface area contributed by atoms with E-state index in [-0.39, 0.29) is 12.0 Å². The summed E-state index contributed by atoms with van der Waals surface area (Å²) in [4.78, 5) is 23.2. The van der Waals surface area contributed by atoms with Gasteiger partial charge in [0.05, 0.1) is 12.6 Å². The molecule has 2 aliphatic rings. The molecule has 1 amide bonds. The van der Waals surface area contributed by atoms with Crippen LogP contribution in [0.15, 0.2) is 18.3 Å². The second kappa shape index (κ2) is 7.27. The molecule has 1 atom stereocenters. The molecule has 1 aromatic rings. The minimum Gasteiger partial charge on any atom is -0.392 e. The normalized spacial score (nSPS) is 23.1. The molecule has 126 valence electrons. The van der Waals surface area contributed by atoms with Crippen LogP contribution in [-0.2, 0) is 4.79 Å². The van der Waals surface area contributed by atoms with Gasteiger partial charge in [-0.1, -0.05) is 6.07 Å². The van der Waals surface area contributed by atoms with Gasteiger partial charge in [-0.3, -0.25) is 9.69 Å². The Hall–Kier alpha value is -1.66. The van der Waals surface area contributed by atoms with Crippen LogP contribution in [0.5, 0.6) is 0 Å². The molecule has 0 saturated carbocycles. The van der Waals surface area contributed by atoms with E-state index in [9.17, 15) is 9.90 Å². The Kier molecular flexibility index (Phi) is 5.13. The van der Waals surface area contributed by atoms with Gasteiger partial charge in [0.2, 0.25) is 5.91 Å². The minimum absolute atomic E-state index is 0.177. The Morgan fingerprint density at radius 1 is 1.30 bits per heavy atom. The van der Waals surface area contributed by atoms with Gasteiger partial charge in [-0.05, 0) is 37.9 Å². The monoisotopic (exact) mass is 318 g/mol. The van der Waals surface area contributed by atoms with Gasteiger partial charge in [-0.15, -0.1) is 0 Å². The van der Waals surface area contributed by atoms with Crippen LogP contribution in [0.4, 0.5) is 5.82 Å². The lowest BCUT2D eigenvalue weighted by Crippen LogP contribution is -2.52. The Balaban J connectivity index is 1.50. The number of piperidine rings is 1. The number of aliphatic hydroxyl groups is 1. The zero-order valence-corrected chi connectivity index (χ0v) is 13.8. The van der Waals surface area contributed by atoms with Crippen LogP contribution in [0.1, 0.15) is 18.4 Å².